The van der Waals surface area contributed by atoms with Crippen molar-refractivity contribution in [3.8, 4) is 0 Å². The zero-order chi connectivity index (χ0) is 19.9. The van der Waals surface area contributed by atoms with E-state index >= 15 is 0 Å². The van der Waals surface area contributed by atoms with E-state index in [0.717, 1.165) is 22.5 Å². The summed E-state index contributed by atoms with van der Waals surface area (Å²) in [6.07, 6.45) is -2.38. The van der Waals surface area contributed by atoms with Crippen LogP contribution in [0.4, 0.5) is 13.2 Å². The Balaban J connectivity index is 0.00000392. The molecule has 2 N–H and O–H groups in total. The van der Waals surface area contributed by atoms with Crippen LogP contribution >= 0.6 is 35.3 Å². The third kappa shape index (κ3) is 7.59. The lowest BCUT2D eigenvalue weighted by Gasteiger charge is -2.21. The number of nitrogens with one attached hydrogen (secondary N) is 2. The molecule has 28 heavy (non-hydrogen) atoms. The molecule has 158 valence electrons. The standard InChI is InChI=1S/C17H24F3N5OS.HI/c1-4-21-16(23-10-12(25(2)3)13-6-5-9-26-13)22-8-7-15-24-14(11-27-15)17(18,19)20;/h5-6,9,11-12H,4,7-8,10H2,1-3H3,(H2,21,22,23);1H. The van der Waals surface area contributed by atoms with E-state index in [-0.39, 0.29) is 30.0 Å². The fourth-order valence-corrected chi connectivity index (χ4v) is 3.16. The van der Waals surface area contributed by atoms with Crippen molar-refractivity contribution in [1.82, 2.24) is 20.5 Å². The quantitative estimate of drug-likeness (QED) is 0.309. The average Bonchev–Trinajstić information content (AvgIpc) is 3.26. The molecule has 0 aliphatic carbocycles. The first-order valence-corrected chi connectivity index (χ1v) is 9.42. The molecule has 0 spiro atoms. The van der Waals surface area contributed by atoms with E-state index in [9.17, 15) is 13.2 Å². The topological polar surface area (TPSA) is 65.7 Å². The highest BCUT2D eigenvalue weighted by molar-refractivity contribution is 14.0. The second kappa shape index (κ2) is 11.6. The summed E-state index contributed by atoms with van der Waals surface area (Å²) in [6.45, 7) is 3.54. The summed E-state index contributed by atoms with van der Waals surface area (Å²) in [6, 6.07) is 3.73. The van der Waals surface area contributed by atoms with Gasteiger partial charge in [0.2, 0.25) is 0 Å². The maximum absolute atomic E-state index is 12.6. The van der Waals surface area contributed by atoms with E-state index in [1.54, 1.807) is 6.26 Å². The number of aliphatic imine (C=N–C) groups is 1. The Morgan fingerprint density at radius 2 is 2.11 bits per heavy atom. The molecule has 0 fully saturated rings. The van der Waals surface area contributed by atoms with Crippen molar-refractivity contribution in [3.05, 3.63) is 40.2 Å². The third-order valence-electron chi connectivity index (χ3n) is 3.74. The fourth-order valence-electron chi connectivity index (χ4n) is 2.35. The second-order valence-corrected chi connectivity index (χ2v) is 6.96. The first-order valence-electron chi connectivity index (χ1n) is 8.54. The highest BCUT2D eigenvalue weighted by Gasteiger charge is 2.33. The first kappa shape index (κ1) is 24.7. The van der Waals surface area contributed by atoms with Gasteiger partial charge in [0.25, 0.3) is 0 Å². The van der Waals surface area contributed by atoms with Crippen molar-refractivity contribution in [3.63, 3.8) is 0 Å². The number of aromatic nitrogens is 1. The SMILES string of the molecule is CCNC(=NCC(c1ccco1)N(C)C)NCCc1nc(C(F)(F)F)cs1.I. The van der Waals surface area contributed by atoms with E-state index in [2.05, 4.69) is 20.6 Å². The Morgan fingerprint density at radius 3 is 2.64 bits per heavy atom. The molecule has 2 aromatic rings. The Bertz CT molecular complexity index is 719. The Labute approximate surface area is 183 Å². The summed E-state index contributed by atoms with van der Waals surface area (Å²) in [5.41, 5.74) is -0.838. The average molecular weight is 531 g/mol. The molecule has 0 aromatic carbocycles. The van der Waals surface area contributed by atoms with Gasteiger partial charge < -0.3 is 15.1 Å². The van der Waals surface area contributed by atoms with Gasteiger partial charge in [-0.15, -0.1) is 35.3 Å². The molecule has 1 atom stereocenters. The molecule has 0 saturated carbocycles. The fraction of sp³-hybridized carbons (Fsp3) is 0.529. The van der Waals surface area contributed by atoms with Crippen LogP contribution in [0.2, 0.25) is 0 Å². The number of thiazole rings is 1. The summed E-state index contributed by atoms with van der Waals surface area (Å²) < 4.78 is 43.3. The van der Waals surface area contributed by atoms with Crippen molar-refractivity contribution >= 4 is 41.3 Å². The van der Waals surface area contributed by atoms with Gasteiger partial charge in [0.05, 0.1) is 23.9 Å². The van der Waals surface area contributed by atoms with Crippen LogP contribution in [0.3, 0.4) is 0 Å². The number of furan rings is 1. The van der Waals surface area contributed by atoms with Crippen LogP contribution in [0, 0.1) is 0 Å². The minimum Gasteiger partial charge on any atom is -0.468 e. The van der Waals surface area contributed by atoms with E-state index in [0.29, 0.717) is 37.0 Å². The predicted molar refractivity (Wildman–Crippen MR) is 115 cm³/mol. The molecule has 11 heteroatoms. The number of hydrogen-bond donors (Lipinski definition) is 2. The lowest BCUT2D eigenvalue weighted by Crippen LogP contribution is -2.39. The first-order chi connectivity index (χ1) is 12.8. The number of halogens is 4. The smallest absolute Gasteiger partial charge is 0.434 e. The van der Waals surface area contributed by atoms with Crippen molar-refractivity contribution in [1.29, 1.82) is 0 Å². The molecule has 0 aliphatic rings. The van der Waals surface area contributed by atoms with Gasteiger partial charge in [0.15, 0.2) is 11.7 Å². The zero-order valence-electron chi connectivity index (χ0n) is 15.9. The normalized spacial score (nSPS) is 13.3. The van der Waals surface area contributed by atoms with Crippen LogP contribution in [0.15, 0.2) is 33.2 Å². The Morgan fingerprint density at radius 1 is 1.36 bits per heavy atom. The van der Waals surface area contributed by atoms with Crippen LogP contribution in [-0.2, 0) is 12.6 Å². The summed E-state index contributed by atoms with van der Waals surface area (Å²) in [5.74, 6) is 1.42. The number of alkyl halides is 3. The molecule has 2 aromatic heterocycles. The Hall–Kier alpha value is -1.34. The van der Waals surface area contributed by atoms with Gasteiger partial charge in [-0.25, -0.2) is 4.98 Å². The second-order valence-electron chi connectivity index (χ2n) is 6.02. The van der Waals surface area contributed by atoms with Gasteiger partial charge in [-0.2, -0.15) is 13.2 Å². The van der Waals surface area contributed by atoms with Crippen molar-refractivity contribution in [2.75, 3.05) is 33.7 Å². The van der Waals surface area contributed by atoms with Gasteiger partial charge in [-0.1, -0.05) is 0 Å². The molecule has 0 bridgehead atoms. The van der Waals surface area contributed by atoms with E-state index in [1.807, 2.05) is 38.1 Å². The summed E-state index contributed by atoms with van der Waals surface area (Å²) in [5, 5.41) is 7.74. The maximum Gasteiger partial charge on any atom is 0.434 e. The molecule has 2 rings (SSSR count). The van der Waals surface area contributed by atoms with Crippen molar-refractivity contribution < 1.29 is 17.6 Å². The van der Waals surface area contributed by atoms with Crippen molar-refractivity contribution in [2.24, 2.45) is 4.99 Å². The van der Waals surface area contributed by atoms with Gasteiger partial charge in [0.1, 0.15) is 5.76 Å². The van der Waals surface area contributed by atoms with Crippen LogP contribution in [0.25, 0.3) is 0 Å². The summed E-state index contributed by atoms with van der Waals surface area (Å²) in [4.78, 5) is 10.2. The van der Waals surface area contributed by atoms with Gasteiger partial charge >= 0.3 is 6.18 Å². The molecule has 0 radical (unpaired) electrons. The minimum absolute atomic E-state index is 0. The number of hydrogen-bond acceptors (Lipinski definition) is 5. The molecule has 6 nitrogen and oxygen atoms in total. The zero-order valence-corrected chi connectivity index (χ0v) is 19.1. The molecule has 0 aliphatic heterocycles. The molecule has 0 amide bonds. The molecular formula is C17H25F3IN5OS. The maximum atomic E-state index is 12.6. The largest absolute Gasteiger partial charge is 0.468 e. The summed E-state index contributed by atoms with van der Waals surface area (Å²) >= 11 is 1.01. The molecular weight excluding hydrogens is 506 g/mol. The highest BCUT2D eigenvalue weighted by atomic mass is 127. The number of nitrogens with zero attached hydrogens (tertiary/aromatic N) is 3. The molecule has 1 unspecified atom stereocenters. The van der Waals surface area contributed by atoms with Crippen LogP contribution in [-0.4, -0.2) is 49.6 Å². The minimum atomic E-state index is -4.40. The predicted octanol–water partition coefficient (Wildman–Crippen LogP) is 3.77. The highest BCUT2D eigenvalue weighted by Crippen LogP contribution is 2.30. The monoisotopic (exact) mass is 531 g/mol. The molecule has 0 saturated heterocycles. The number of likely N-dealkylation sites (N-methyl/N-ethyl adjacent to an activating group) is 1. The summed E-state index contributed by atoms with van der Waals surface area (Å²) in [7, 11) is 3.90. The van der Waals surface area contributed by atoms with Gasteiger partial charge in [-0.05, 0) is 33.2 Å². The lowest BCUT2D eigenvalue weighted by atomic mass is 10.2. The Kier molecular flexibility index (Phi) is 10.2. The van der Waals surface area contributed by atoms with Crippen LogP contribution < -0.4 is 10.6 Å². The lowest BCUT2D eigenvalue weighted by molar-refractivity contribution is -0.140. The van der Waals surface area contributed by atoms with E-state index in [1.165, 1.54) is 0 Å². The van der Waals surface area contributed by atoms with E-state index < -0.39 is 11.9 Å². The van der Waals surface area contributed by atoms with Crippen LogP contribution in [0.5, 0.6) is 0 Å². The third-order valence-corrected chi connectivity index (χ3v) is 4.64. The van der Waals surface area contributed by atoms with Gasteiger partial charge in [-0.3, -0.25) is 9.89 Å². The number of guanidine groups is 1. The van der Waals surface area contributed by atoms with E-state index in [4.69, 9.17) is 4.42 Å². The van der Waals surface area contributed by atoms with Crippen molar-refractivity contribution in [2.45, 2.75) is 25.6 Å². The molecule has 2 heterocycles. The van der Waals surface area contributed by atoms with Crippen LogP contribution in [0.1, 0.15) is 29.4 Å². The number of rotatable bonds is 8. The van der Waals surface area contributed by atoms with Gasteiger partial charge in [0, 0.05) is 24.9 Å².